The Kier molecular flexibility index (Phi) is 17.6. The van der Waals surface area contributed by atoms with E-state index in [4.69, 9.17) is 9.47 Å². The molecule has 3 N–H and O–H groups in total. The fourth-order valence-corrected chi connectivity index (χ4v) is 7.43. The van der Waals surface area contributed by atoms with Crippen LogP contribution in [0.5, 0.6) is 11.5 Å². The van der Waals surface area contributed by atoms with E-state index < -0.39 is 22.6 Å². The van der Waals surface area contributed by atoms with Gasteiger partial charge in [0, 0.05) is 66.4 Å². The second kappa shape index (κ2) is 22.5. The molecule has 1 aliphatic heterocycles. The lowest BCUT2D eigenvalue weighted by molar-refractivity contribution is -0.140. The summed E-state index contributed by atoms with van der Waals surface area (Å²) in [5.41, 5.74) is 4.33. The molecule has 0 saturated carbocycles. The number of benzene rings is 3. The monoisotopic (exact) mass is 863 g/mol. The molecule has 3 aromatic carbocycles. The van der Waals surface area contributed by atoms with Gasteiger partial charge in [0.25, 0.3) is 0 Å². The molecule has 3 heterocycles. The van der Waals surface area contributed by atoms with E-state index >= 15 is 0 Å². The molecule has 1 fully saturated rings. The number of alkyl halides is 3. The minimum absolute atomic E-state index is 0.214. The Bertz CT molecular complexity index is 2350. The van der Waals surface area contributed by atoms with Crippen LogP contribution < -0.4 is 30.3 Å². The molecule has 0 radical (unpaired) electrons. The van der Waals surface area contributed by atoms with E-state index in [0.29, 0.717) is 22.7 Å². The third-order valence-electron chi connectivity index (χ3n) is 9.24. The number of rotatable bonds is 13. The van der Waals surface area contributed by atoms with Crippen LogP contribution in [0, 0.1) is 11.8 Å². The number of fused-ring (bicyclic) bond motifs is 1. The van der Waals surface area contributed by atoms with Gasteiger partial charge in [-0.05, 0) is 99.3 Å². The Hall–Kier alpha value is -5.79. The van der Waals surface area contributed by atoms with Crippen molar-refractivity contribution < 1.29 is 31.1 Å². The molecule has 320 valence electrons. The lowest BCUT2D eigenvalue weighted by atomic mass is 10.0. The van der Waals surface area contributed by atoms with E-state index in [2.05, 4.69) is 62.0 Å². The molecule has 0 unspecified atom stereocenters. The quantitative estimate of drug-likeness (QED) is 0.0600. The molecule has 0 atom stereocenters. The second-order valence-electron chi connectivity index (χ2n) is 13.3. The van der Waals surface area contributed by atoms with Gasteiger partial charge in [0.15, 0.2) is 9.84 Å². The predicted octanol–water partition coefficient (Wildman–Crippen LogP) is 9.23. The maximum Gasteiger partial charge on any atom is 0.406 e. The van der Waals surface area contributed by atoms with E-state index in [1.807, 2.05) is 49.7 Å². The van der Waals surface area contributed by atoms with Crippen molar-refractivity contribution in [3.8, 4) is 23.3 Å². The van der Waals surface area contributed by atoms with Gasteiger partial charge in [-0.15, -0.1) is 11.8 Å². The molecule has 1 aliphatic rings. The fourth-order valence-electron chi connectivity index (χ4n) is 6.36. The Balaban J connectivity index is 0.000000347. The van der Waals surface area contributed by atoms with Crippen LogP contribution in [0.15, 0.2) is 113 Å². The summed E-state index contributed by atoms with van der Waals surface area (Å²) in [4.78, 5) is 11.1. The Morgan fingerprint density at radius 2 is 1.67 bits per heavy atom. The zero-order valence-corrected chi connectivity index (χ0v) is 36.1. The van der Waals surface area contributed by atoms with Crippen LogP contribution >= 0.6 is 11.8 Å². The van der Waals surface area contributed by atoms with Crippen LogP contribution in [0.1, 0.15) is 25.5 Å². The first-order valence-corrected chi connectivity index (χ1v) is 22.1. The Labute approximate surface area is 355 Å². The number of pyridine rings is 1. The third-order valence-corrected chi connectivity index (χ3v) is 11.1. The number of nitrogens with zero attached hydrogens (tertiary/aromatic N) is 4. The summed E-state index contributed by atoms with van der Waals surface area (Å²) in [6.07, 6.45) is 5.63. The Morgan fingerprint density at radius 1 is 0.983 bits per heavy atom. The number of hydrogen-bond acceptors (Lipinski definition) is 11. The van der Waals surface area contributed by atoms with E-state index in [9.17, 15) is 21.6 Å². The smallest absolute Gasteiger partial charge is 0.406 e. The molecule has 0 amide bonds. The summed E-state index contributed by atoms with van der Waals surface area (Å²) in [5.74, 6) is 7.20. The molecular weight excluding hydrogens is 812 g/mol. The van der Waals surface area contributed by atoms with Crippen LogP contribution in [0.25, 0.3) is 10.9 Å². The molecule has 0 spiro atoms. The Morgan fingerprint density at radius 3 is 2.27 bits per heavy atom. The van der Waals surface area contributed by atoms with Gasteiger partial charge in [0.2, 0.25) is 0 Å². The van der Waals surface area contributed by atoms with Crippen molar-refractivity contribution in [3.63, 3.8) is 0 Å². The molecule has 0 aliphatic carbocycles. The molecule has 6 rings (SSSR count). The van der Waals surface area contributed by atoms with Crippen molar-refractivity contribution in [2.45, 2.75) is 48.3 Å². The molecule has 11 nitrogen and oxygen atoms in total. The van der Waals surface area contributed by atoms with Gasteiger partial charge in [-0.2, -0.15) is 13.2 Å². The van der Waals surface area contributed by atoms with Crippen molar-refractivity contribution in [3.05, 3.63) is 104 Å². The highest BCUT2D eigenvalue weighted by molar-refractivity contribution is 7.98. The number of ether oxygens (including phenoxy) is 2. The maximum atomic E-state index is 13.6. The average Bonchev–Trinajstić information content (AvgIpc) is 3.59. The second-order valence-corrected chi connectivity index (χ2v) is 16.2. The largest absolute Gasteiger partial charge is 0.495 e. The van der Waals surface area contributed by atoms with Crippen molar-refractivity contribution in [2.75, 3.05) is 73.8 Å². The summed E-state index contributed by atoms with van der Waals surface area (Å²) in [7, 11) is -0.0600. The molecule has 16 heteroatoms. The van der Waals surface area contributed by atoms with Crippen molar-refractivity contribution in [2.24, 2.45) is 4.99 Å². The van der Waals surface area contributed by atoms with Crippen molar-refractivity contribution in [1.29, 1.82) is 0 Å². The number of aromatic nitrogens is 2. The van der Waals surface area contributed by atoms with Gasteiger partial charge in [0.05, 0.1) is 60.1 Å². The highest BCUT2D eigenvalue weighted by atomic mass is 32.2. The number of halogens is 3. The molecule has 1 saturated heterocycles. The van der Waals surface area contributed by atoms with Gasteiger partial charge < -0.3 is 34.9 Å². The summed E-state index contributed by atoms with van der Waals surface area (Å²) in [6.45, 7) is 9.98. The first-order chi connectivity index (χ1) is 28.7. The van der Waals surface area contributed by atoms with E-state index in [1.165, 1.54) is 30.2 Å². The molecule has 2 aromatic heterocycles. The number of aliphatic imine (C=N–C) groups is 1. The van der Waals surface area contributed by atoms with Crippen LogP contribution in [0.2, 0.25) is 0 Å². The van der Waals surface area contributed by atoms with E-state index in [-0.39, 0.29) is 17.5 Å². The van der Waals surface area contributed by atoms with Gasteiger partial charge in [-0.25, -0.2) is 8.42 Å². The summed E-state index contributed by atoms with van der Waals surface area (Å²) in [6, 6.07) is 22.0. The number of piperidine rings is 1. The zero-order valence-electron chi connectivity index (χ0n) is 34.5. The van der Waals surface area contributed by atoms with Crippen LogP contribution in [0.4, 0.5) is 35.9 Å². The lowest BCUT2D eigenvalue weighted by Gasteiger charge is -2.34. The van der Waals surface area contributed by atoms with Crippen molar-refractivity contribution in [1.82, 2.24) is 9.55 Å². The normalized spacial score (nSPS) is 12.7. The van der Waals surface area contributed by atoms with E-state index in [0.717, 1.165) is 65.5 Å². The summed E-state index contributed by atoms with van der Waals surface area (Å²) >= 11 is 1.61. The standard InChI is InChI=1S/C31H32F3N5OS.C10H15NO3S.C3H5N/c1-40-30-19-25(41-2)10-11-28(30)36-15-5-6-23-18-26-27(8-3-9-29(26)39(23)21-31(32,33)34)37-22-12-16-38(17-13-22)24-7-4-14-35-20-24;1-4-11-9-6-5-8(15(3,12)13)7-10(9)14-2;1-3-4-2/h3-4,7-11,14,18-20,22,36-37H,12-13,15-17,21H2,1-2H3;5-7,11H,4H2,1-3H3;3H,1-2H2. The van der Waals surface area contributed by atoms with Gasteiger partial charge in [-0.3, -0.25) is 9.98 Å². The molecule has 5 aromatic rings. The number of hydrogen-bond donors (Lipinski definition) is 3. The number of anilines is 4. The first kappa shape index (κ1) is 46.9. The van der Waals surface area contributed by atoms with Crippen molar-refractivity contribution >= 4 is 62.0 Å². The van der Waals surface area contributed by atoms with Crippen LogP contribution in [-0.4, -0.2) is 89.8 Å². The van der Waals surface area contributed by atoms with Crippen LogP contribution in [-0.2, 0) is 16.4 Å². The number of methoxy groups -OCH3 is 2. The highest BCUT2D eigenvalue weighted by Gasteiger charge is 2.30. The fraction of sp³-hybridized carbons (Fsp3) is 0.318. The highest BCUT2D eigenvalue weighted by Crippen LogP contribution is 2.33. The topological polar surface area (TPSA) is 122 Å². The maximum absolute atomic E-state index is 13.6. The molecular formula is C44H52F3N7O4S2. The number of sulfone groups is 1. The van der Waals surface area contributed by atoms with E-state index in [1.54, 1.807) is 55.4 Å². The lowest BCUT2D eigenvalue weighted by Crippen LogP contribution is -2.39. The minimum Gasteiger partial charge on any atom is -0.495 e. The predicted molar refractivity (Wildman–Crippen MR) is 241 cm³/mol. The SMILES string of the molecule is C=CN=C.CCNc1ccc(S(C)(=O)=O)cc1OC.COc1cc(SC)ccc1NCC#Cc1cc2c(NC3CCN(c4cccnc4)CC3)cccc2n1CC(F)(F)F. The summed E-state index contributed by atoms with van der Waals surface area (Å²) in [5, 5.41) is 10.6. The molecule has 0 bridgehead atoms. The van der Waals surface area contributed by atoms with Gasteiger partial charge in [-0.1, -0.05) is 18.6 Å². The summed E-state index contributed by atoms with van der Waals surface area (Å²) < 4.78 is 75.2. The van der Waals surface area contributed by atoms with Gasteiger partial charge >= 0.3 is 6.18 Å². The average molecular weight is 864 g/mol. The van der Waals surface area contributed by atoms with Gasteiger partial charge in [0.1, 0.15) is 18.0 Å². The third kappa shape index (κ3) is 13.6. The first-order valence-electron chi connectivity index (χ1n) is 19.0. The number of thioether (sulfide) groups is 1. The zero-order chi connectivity index (χ0) is 43.7. The van der Waals surface area contributed by atoms with Crippen LogP contribution in [0.3, 0.4) is 0 Å². The molecule has 60 heavy (non-hydrogen) atoms. The minimum atomic E-state index is -4.38. The number of nitrogens with one attached hydrogen (secondary N) is 3.